The van der Waals surface area contributed by atoms with Crippen LogP contribution in [0.2, 0.25) is 18.1 Å². The highest BCUT2D eigenvalue weighted by molar-refractivity contribution is 9.09. The van der Waals surface area contributed by atoms with Gasteiger partial charge in [-0.3, -0.25) is 0 Å². The highest BCUT2D eigenvalue weighted by Gasteiger charge is 2.82. The summed E-state index contributed by atoms with van der Waals surface area (Å²) in [7, 11) is -2.20. The summed E-state index contributed by atoms with van der Waals surface area (Å²) in [5, 5.41) is 13.6. The van der Waals surface area contributed by atoms with Crippen molar-refractivity contribution in [2.45, 2.75) is 125 Å². The van der Waals surface area contributed by atoms with Gasteiger partial charge < -0.3 is 28.5 Å². The van der Waals surface area contributed by atoms with E-state index >= 15 is 0 Å². The Labute approximate surface area is 302 Å². The summed E-state index contributed by atoms with van der Waals surface area (Å²) in [6.45, 7) is 22.8. The molecule has 2 aliphatic carbocycles. The van der Waals surface area contributed by atoms with E-state index in [2.05, 4.69) is 106 Å². The first-order valence-electron chi connectivity index (χ1n) is 18.1. The fourth-order valence-electron chi connectivity index (χ4n) is 9.71. The van der Waals surface area contributed by atoms with Crippen molar-refractivity contribution in [2.24, 2.45) is 23.7 Å². The van der Waals surface area contributed by atoms with Crippen molar-refractivity contribution in [3.05, 3.63) is 90.0 Å². The second-order valence-electron chi connectivity index (χ2n) is 17.4. The molecule has 0 unspecified atom stereocenters. The van der Waals surface area contributed by atoms with E-state index in [0.29, 0.717) is 19.6 Å². The largest absolute Gasteiger partial charge is 0.414 e. The lowest BCUT2D eigenvalue weighted by molar-refractivity contribution is -0.281. The normalized spacial score (nSPS) is 41.7. The Morgan fingerprint density at radius 3 is 2.29 bits per heavy atom. The molecule has 0 amide bonds. The van der Waals surface area contributed by atoms with E-state index < -0.39 is 35.7 Å². The molecule has 1 spiro atoms. The molecule has 2 bridgehead atoms. The van der Waals surface area contributed by atoms with Gasteiger partial charge in [0.1, 0.15) is 17.3 Å². The quantitative estimate of drug-likeness (QED) is 0.166. The molecule has 11 atom stereocenters. The van der Waals surface area contributed by atoms with E-state index in [1.54, 1.807) is 0 Å². The van der Waals surface area contributed by atoms with Crippen LogP contribution in [0.1, 0.15) is 65.5 Å². The number of rotatable bonds is 8. The Morgan fingerprint density at radius 2 is 1.65 bits per heavy atom. The van der Waals surface area contributed by atoms with Crippen molar-refractivity contribution in [1.82, 2.24) is 0 Å². The van der Waals surface area contributed by atoms with E-state index in [-0.39, 0.29) is 47.0 Å². The number of aliphatic hydroxyl groups is 1. The number of halogens is 1. The van der Waals surface area contributed by atoms with Crippen LogP contribution in [-0.4, -0.2) is 65.8 Å². The zero-order valence-corrected chi connectivity index (χ0v) is 33.0. The van der Waals surface area contributed by atoms with Crippen LogP contribution in [0.25, 0.3) is 6.08 Å². The van der Waals surface area contributed by atoms with Crippen LogP contribution in [0.3, 0.4) is 0 Å². The van der Waals surface area contributed by atoms with Gasteiger partial charge in [-0.1, -0.05) is 116 Å². The zero-order chi connectivity index (χ0) is 35.2. The van der Waals surface area contributed by atoms with Gasteiger partial charge >= 0.3 is 0 Å². The molecule has 6 nitrogen and oxygen atoms in total. The smallest absolute Gasteiger partial charge is 0.192 e. The third kappa shape index (κ3) is 5.54. The van der Waals surface area contributed by atoms with E-state index in [0.717, 1.165) is 23.1 Å². The summed E-state index contributed by atoms with van der Waals surface area (Å²) in [4.78, 5) is -0.420. The molecule has 5 aliphatic rings. The molecule has 0 radical (unpaired) electrons. The first-order valence-corrected chi connectivity index (χ1v) is 21.9. The lowest BCUT2D eigenvalue weighted by Crippen LogP contribution is -2.73. The maximum Gasteiger partial charge on any atom is 0.192 e. The third-order valence-corrected chi connectivity index (χ3v) is 18.9. The molecule has 3 saturated heterocycles. The third-order valence-electron chi connectivity index (χ3n) is 12.9. The summed E-state index contributed by atoms with van der Waals surface area (Å²) in [5.41, 5.74) is 0.347. The molecule has 3 heterocycles. The molecule has 2 saturated carbocycles. The summed E-state index contributed by atoms with van der Waals surface area (Å²) in [6, 6.07) is 20.7. The van der Waals surface area contributed by atoms with Crippen molar-refractivity contribution in [3.8, 4) is 0 Å². The summed E-state index contributed by atoms with van der Waals surface area (Å²) >= 11 is 4.20. The fourth-order valence-corrected chi connectivity index (χ4v) is 11.7. The molecular formula is C41H55BrO6Si. The number of hydrogen-bond donors (Lipinski definition) is 1. The van der Waals surface area contributed by atoms with Crippen molar-refractivity contribution in [3.63, 3.8) is 0 Å². The zero-order valence-electron chi connectivity index (χ0n) is 30.4. The van der Waals surface area contributed by atoms with E-state index in [1.165, 1.54) is 0 Å². The predicted molar refractivity (Wildman–Crippen MR) is 200 cm³/mol. The molecular weight excluding hydrogens is 696 g/mol. The average Bonchev–Trinajstić information content (AvgIpc) is 3.64. The van der Waals surface area contributed by atoms with Gasteiger partial charge in [0.05, 0.1) is 35.8 Å². The minimum Gasteiger partial charge on any atom is -0.414 e. The number of hydrogen-bond acceptors (Lipinski definition) is 6. The number of fused-ring (bicyclic) bond motifs is 3. The van der Waals surface area contributed by atoms with Crippen molar-refractivity contribution in [1.29, 1.82) is 0 Å². The lowest BCUT2D eigenvalue weighted by atomic mass is 9.57. The van der Waals surface area contributed by atoms with E-state index in [4.69, 9.17) is 23.4 Å². The molecule has 7 rings (SSSR count). The van der Waals surface area contributed by atoms with Gasteiger partial charge in [0.2, 0.25) is 0 Å². The maximum atomic E-state index is 13.6. The summed E-state index contributed by atoms with van der Waals surface area (Å²) in [5.74, 6) is -1.27. The van der Waals surface area contributed by atoms with Gasteiger partial charge in [-0.15, -0.1) is 6.58 Å². The van der Waals surface area contributed by atoms with Gasteiger partial charge in [0.25, 0.3) is 0 Å². The average molecular weight is 752 g/mol. The molecule has 1 N–H and O–H groups in total. The highest BCUT2D eigenvalue weighted by Crippen LogP contribution is 2.72. The van der Waals surface area contributed by atoms with Crippen LogP contribution < -0.4 is 0 Å². The van der Waals surface area contributed by atoms with Gasteiger partial charge in [-0.05, 0) is 67.4 Å². The standard InChI is InChI=1S/C41H55BrO6Si/c1-10-29-34-35(47-38(6,7)46-34)33(44-24-28-19-15-12-16-20-28)31-23-39(25-45-49(8,9)37(3,4)5)36(42)40(43)30(22-27-17-13-11-14-18-27)26(2)21-32(40)41(29,31)48-39/h10-20,22,26,29,31-36,43H,1,21,23-25H2,2-9H3/b30-22-/t26-,29+,31-,32+,33+,34+,35+,36+,39+,40-,41+/m0/s1. The molecule has 2 aromatic carbocycles. The Hall–Kier alpha value is -1.62. The lowest BCUT2D eigenvalue weighted by Gasteiger charge is -2.60. The SMILES string of the molecule is C=C[C@@H]1[C@H]2OC(C)(C)O[C@@H]2[C@H](OCc2ccccc2)[C@@H]2C[C@]3(CO[Si](C)(C)C(C)(C)C)O[C@]12[C@@H]1C[C@H](C)/C(=C/c2ccccc2)[C@@]1(O)[C@@H]3Br. The molecule has 266 valence electrons. The van der Waals surface area contributed by atoms with Crippen molar-refractivity contribution < 1.29 is 28.5 Å². The van der Waals surface area contributed by atoms with Crippen LogP contribution in [0.15, 0.2) is 78.9 Å². The Bertz CT molecular complexity index is 1570. The molecule has 2 aromatic rings. The Balaban J connectivity index is 1.40. The van der Waals surface area contributed by atoms with E-state index in [1.807, 2.05) is 44.2 Å². The predicted octanol–water partition coefficient (Wildman–Crippen LogP) is 8.69. The summed E-state index contributed by atoms with van der Waals surface area (Å²) in [6.07, 6.45) is 4.65. The topological polar surface area (TPSA) is 66.4 Å². The monoisotopic (exact) mass is 750 g/mol. The molecule has 3 aliphatic heterocycles. The number of benzene rings is 2. The Kier molecular flexibility index (Phi) is 8.92. The van der Waals surface area contributed by atoms with Crippen LogP contribution in [0, 0.1) is 23.7 Å². The van der Waals surface area contributed by atoms with Crippen molar-refractivity contribution in [2.75, 3.05) is 6.61 Å². The van der Waals surface area contributed by atoms with Crippen LogP contribution >= 0.6 is 15.9 Å². The van der Waals surface area contributed by atoms with Crippen LogP contribution in [-0.2, 0) is 30.0 Å². The maximum absolute atomic E-state index is 13.6. The fraction of sp³-hybridized carbons (Fsp3) is 0.610. The van der Waals surface area contributed by atoms with Gasteiger partial charge in [-0.2, -0.15) is 0 Å². The number of ether oxygens (including phenoxy) is 4. The van der Waals surface area contributed by atoms with Gasteiger partial charge in [-0.25, -0.2) is 0 Å². The minimum absolute atomic E-state index is 0.0120. The molecule has 5 fully saturated rings. The molecule has 8 heteroatoms. The first kappa shape index (κ1) is 35.8. The van der Waals surface area contributed by atoms with Crippen molar-refractivity contribution >= 4 is 30.3 Å². The van der Waals surface area contributed by atoms with Crippen LogP contribution in [0.4, 0.5) is 0 Å². The second-order valence-corrected chi connectivity index (χ2v) is 23.1. The molecule has 49 heavy (non-hydrogen) atoms. The van der Waals surface area contributed by atoms with Gasteiger partial charge in [0, 0.05) is 17.8 Å². The van der Waals surface area contributed by atoms with E-state index in [9.17, 15) is 5.11 Å². The Morgan fingerprint density at radius 1 is 1.02 bits per heavy atom. The first-order chi connectivity index (χ1) is 23.0. The summed E-state index contributed by atoms with van der Waals surface area (Å²) < 4.78 is 35.4. The number of alkyl halides is 1. The van der Waals surface area contributed by atoms with Crippen LogP contribution in [0.5, 0.6) is 0 Å². The second kappa shape index (κ2) is 12.2. The molecule has 0 aromatic heterocycles. The van der Waals surface area contributed by atoms with Gasteiger partial charge in [0.15, 0.2) is 14.1 Å². The highest BCUT2D eigenvalue weighted by atomic mass is 79.9. The minimum atomic E-state index is -2.20.